The monoisotopic (exact) mass is 410 g/mol. The van der Waals surface area contributed by atoms with Crippen LogP contribution in [0.2, 0.25) is 0 Å². The van der Waals surface area contributed by atoms with Crippen molar-refractivity contribution in [3.8, 4) is 22.9 Å². The van der Waals surface area contributed by atoms with Gasteiger partial charge in [-0.1, -0.05) is 43.3 Å². The van der Waals surface area contributed by atoms with E-state index >= 15 is 0 Å². The predicted molar refractivity (Wildman–Crippen MR) is 112 cm³/mol. The molecular weight excluding hydrogens is 384 g/mol. The Hall–Kier alpha value is -3.35. The van der Waals surface area contributed by atoms with E-state index in [9.17, 15) is 9.90 Å². The summed E-state index contributed by atoms with van der Waals surface area (Å²) in [6.07, 6.45) is 0. The minimum absolute atomic E-state index is 0.122. The molecule has 0 amide bonds. The Labute approximate surface area is 175 Å². The summed E-state index contributed by atoms with van der Waals surface area (Å²) < 4.78 is 16.6. The van der Waals surface area contributed by atoms with Crippen LogP contribution in [0.15, 0.2) is 47.0 Å². The van der Waals surface area contributed by atoms with Crippen LogP contribution < -0.4 is 9.47 Å². The van der Waals surface area contributed by atoms with Crippen molar-refractivity contribution in [2.75, 3.05) is 0 Å². The van der Waals surface area contributed by atoms with E-state index in [4.69, 9.17) is 14.0 Å². The first-order chi connectivity index (χ1) is 14.2. The number of aliphatic carboxylic acids is 1. The van der Waals surface area contributed by atoms with E-state index in [0.717, 1.165) is 11.1 Å². The van der Waals surface area contributed by atoms with E-state index < -0.39 is 11.6 Å². The van der Waals surface area contributed by atoms with Crippen molar-refractivity contribution in [3.63, 3.8) is 0 Å². The summed E-state index contributed by atoms with van der Waals surface area (Å²) in [7, 11) is 0. The van der Waals surface area contributed by atoms with Crippen molar-refractivity contribution < 1.29 is 23.9 Å². The molecule has 0 aliphatic heterocycles. The van der Waals surface area contributed by atoms with Gasteiger partial charge in [0.25, 0.3) is 5.89 Å². The van der Waals surface area contributed by atoms with Crippen LogP contribution in [-0.4, -0.2) is 26.8 Å². The Morgan fingerprint density at radius 1 is 1.17 bits per heavy atom. The molecular formula is C23H26N2O5. The number of hydrogen-bond acceptors (Lipinski definition) is 6. The number of nitrogens with zero attached hydrogens (tertiary/aromatic N) is 2. The van der Waals surface area contributed by atoms with Crippen molar-refractivity contribution in [2.45, 2.75) is 52.7 Å². The average molecular weight is 410 g/mol. The largest absolute Gasteiger partial charge is 0.484 e. The van der Waals surface area contributed by atoms with Gasteiger partial charge in [0, 0.05) is 5.56 Å². The zero-order chi connectivity index (χ0) is 21.9. The lowest BCUT2D eigenvalue weighted by Gasteiger charge is -2.22. The fraction of sp³-hybridized carbons (Fsp3) is 0.348. The Bertz CT molecular complexity index is 1020. The Balaban J connectivity index is 1.63. The molecule has 2 aromatic carbocycles. The molecule has 0 unspecified atom stereocenters. The van der Waals surface area contributed by atoms with Gasteiger partial charge < -0.3 is 19.1 Å². The molecule has 1 aromatic heterocycles. The van der Waals surface area contributed by atoms with Crippen LogP contribution in [0.5, 0.6) is 11.5 Å². The highest BCUT2D eigenvalue weighted by Crippen LogP contribution is 2.27. The van der Waals surface area contributed by atoms with Crippen LogP contribution in [0, 0.1) is 6.92 Å². The second-order valence-electron chi connectivity index (χ2n) is 7.92. The first kappa shape index (κ1) is 21.4. The molecule has 1 N–H and O–H groups in total. The maximum absolute atomic E-state index is 11.2. The highest BCUT2D eigenvalue weighted by atomic mass is 16.5. The average Bonchev–Trinajstić information content (AvgIpc) is 3.17. The smallest absolute Gasteiger partial charge is 0.347 e. The maximum Gasteiger partial charge on any atom is 0.347 e. The van der Waals surface area contributed by atoms with E-state index in [1.807, 2.05) is 19.1 Å². The van der Waals surface area contributed by atoms with E-state index in [2.05, 4.69) is 36.1 Å². The van der Waals surface area contributed by atoms with Crippen LogP contribution in [0.25, 0.3) is 11.4 Å². The lowest BCUT2D eigenvalue weighted by molar-refractivity contribution is -0.152. The quantitative estimate of drug-likeness (QED) is 0.559. The number of carboxylic acids is 1. The maximum atomic E-state index is 11.2. The molecule has 3 aromatic rings. The molecule has 0 aliphatic carbocycles. The second-order valence-corrected chi connectivity index (χ2v) is 7.92. The molecule has 0 aliphatic rings. The number of ether oxygens (including phenoxy) is 2. The van der Waals surface area contributed by atoms with Crippen LogP contribution in [0.1, 0.15) is 50.6 Å². The topological polar surface area (TPSA) is 94.7 Å². The third kappa shape index (κ3) is 4.97. The minimum atomic E-state index is -1.32. The second kappa shape index (κ2) is 8.57. The molecule has 1 heterocycles. The number of rotatable bonds is 8. The summed E-state index contributed by atoms with van der Waals surface area (Å²) in [5, 5.41) is 13.2. The number of carbonyl (C=O) groups is 1. The third-order valence-corrected chi connectivity index (χ3v) is 4.69. The summed E-state index contributed by atoms with van der Waals surface area (Å²) in [6, 6.07) is 13.2. The number of hydrogen-bond donors (Lipinski definition) is 1. The van der Waals surface area contributed by atoms with Gasteiger partial charge in [-0.3, -0.25) is 0 Å². The fourth-order valence-corrected chi connectivity index (χ4v) is 2.74. The zero-order valence-corrected chi connectivity index (χ0v) is 17.8. The van der Waals surface area contributed by atoms with E-state index in [1.54, 1.807) is 18.2 Å². The summed E-state index contributed by atoms with van der Waals surface area (Å²) in [6.45, 7) is 9.24. The molecule has 0 spiro atoms. The highest BCUT2D eigenvalue weighted by Gasteiger charge is 2.29. The van der Waals surface area contributed by atoms with Crippen molar-refractivity contribution in [1.82, 2.24) is 10.1 Å². The van der Waals surface area contributed by atoms with Gasteiger partial charge >= 0.3 is 5.97 Å². The number of aryl methyl sites for hydroxylation is 1. The summed E-state index contributed by atoms with van der Waals surface area (Å²) in [5.41, 5.74) is 1.58. The first-order valence-electron chi connectivity index (χ1n) is 9.74. The fourth-order valence-electron chi connectivity index (χ4n) is 2.74. The molecule has 0 bridgehead atoms. The van der Waals surface area contributed by atoms with Crippen molar-refractivity contribution in [1.29, 1.82) is 0 Å². The van der Waals surface area contributed by atoms with E-state index in [1.165, 1.54) is 19.4 Å². The van der Waals surface area contributed by atoms with Gasteiger partial charge in [0.15, 0.2) is 12.2 Å². The lowest BCUT2D eigenvalue weighted by atomic mass is 10.0. The highest BCUT2D eigenvalue weighted by molar-refractivity contribution is 5.76. The summed E-state index contributed by atoms with van der Waals surface area (Å²) in [4.78, 5) is 15.6. The van der Waals surface area contributed by atoms with Crippen molar-refractivity contribution in [2.24, 2.45) is 0 Å². The number of benzene rings is 2. The van der Waals surface area contributed by atoms with E-state index in [0.29, 0.717) is 29.1 Å². The Morgan fingerprint density at radius 2 is 1.87 bits per heavy atom. The van der Waals surface area contributed by atoms with Crippen LogP contribution >= 0.6 is 0 Å². The van der Waals surface area contributed by atoms with Crippen LogP contribution in [-0.2, 0) is 11.4 Å². The number of carboxylic acid groups (broad SMARTS) is 1. The molecule has 158 valence electrons. The van der Waals surface area contributed by atoms with Crippen molar-refractivity contribution >= 4 is 5.97 Å². The van der Waals surface area contributed by atoms with Gasteiger partial charge in [-0.05, 0) is 56.0 Å². The first-order valence-corrected chi connectivity index (χ1v) is 9.74. The SMILES string of the molecule is Cc1cc(OCc2nc(-c3ccc(C(C)C)cc3)no2)ccc1OC(C)(C)C(=O)O. The van der Waals surface area contributed by atoms with E-state index in [-0.39, 0.29) is 6.61 Å². The Kier molecular flexibility index (Phi) is 6.10. The predicted octanol–water partition coefficient (Wildman–Crippen LogP) is 4.99. The van der Waals surface area contributed by atoms with Gasteiger partial charge in [-0.15, -0.1) is 0 Å². The van der Waals surface area contributed by atoms with Crippen LogP contribution in [0.3, 0.4) is 0 Å². The van der Waals surface area contributed by atoms with Gasteiger partial charge in [0.1, 0.15) is 11.5 Å². The number of aromatic nitrogens is 2. The lowest BCUT2D eigenvalue weighted by Crippen LogP contribution is -2.38. The summed E-state index contributed by atoms with van der Waals surface area (Å²) >= 11 is 0. The molecule has 7 nitrogen and oxygen atoms in total. The molecule has 7 heteroatoms. The molecule has 30 heavy (non-hydrogen) atoms. The molecule has 0 radical (unpaired) electrons. The Morgan fingerprint density at radius 3 is 2.47 bits per heavy atom. The molecule has 0 saturated heterocycles. The summed E-state index contributed by atoms with van der Waals surface area (Å²) in [5.74, 6) is 1.38. The molecule has 3 rings (SSSR count). The minimum Gasteiger partial charge on any atom is -0.484 e. The van der Waals surface area contributed by atoms with Gasteiger partial charge in [0.2, 0.25) is 5.82 Å². The molecule has 0 atom stereocenters. The van der Waals surface area contributed by atoms with Gasteiger partial charge in [-0.2, -0.15) is 4.98 Å². The third-order valence-electron chi connectivity index (χ3n) is 4.69. The molecule has 0 saturated carbocycles. The standard InChI is InChI=1S/C23H26N2O5/c1-14(2)16-6-8-17(9-7-16)21-24-20(30-25-21)13-28-18-10-11-19(15(3)12-18)29-23(4,5)22(26)27/h6-12,14H,13H2,1-5H3,(H,26,27). The molecule has 0 fully saturated rings. The van der Waals surface area contributed by atoms with Crippen LogP contribution in [0.4, 0.5) is 0 Å². The zero-order valence-electron chi connectivity index (χ0n) is 17.8. The van der Waals surface area contributed by atoms with Crippen molar-refractivity contribution in [3.05, 3.63) is 59.5 Å². The van der Waals surface area contributed by atoms with Gasteiger partial charge in [-0.25, -0.2) is 4.79 Å². The van der Waals surface area contributed by atoms with Gasteiger partial charge in [0.05, 0.1) is 0 Å². The normalized spacial score (nSPS) is 11.5.